The summed E-state index contributed by atoms with van der Waals surface area (Å²) in [4.78, 5) is 26.2. The topological polar surface area (TPSA) is 75.4 Å². The zero-order valence-corrected chi connectivity index (χ0v) is 14.9. The number of hydrogen-bond acceptors (Lipinski definition) is 3. The first-order chi connectivity index (χ1) is 10.5. The lowest BCUT2D eigenvalue weighted by atomic mass is 9.96. The molecule has 0 aromatic heterocycles. The molecular weight excluding hydrogens is 361 g/mol. The molecule has 128 valence electrons. The van der Waals surface area contributed by atoms with E-state index in [2.05, 4.69) is 5.32 Å². The zero-order valence-electron chi connectivity index (χ0n) is 12.6. The van der Waals surface area contributed by atoms with Crippen LogP contribution in [0.15, 0.2) is 18.2 Å². The van der Waals surface area contributed by atoms with Gasteiger partial charge in [0.15, 0.2) is 0 Å². The molecule has 5 nitrogen and oxygen atoms in total. The summed E-state index contributed by atoms with van der Waals surface area (Å²) < 4.78 is 0. The number of likely N-dealkylation sites (tertiary alicyclic amines) is 1. The number of benzene rings is 1. The summed E-state index contributed by atoms with van der Waals surface area (Å²) in [6.45, 7) is 1.91. The van der Waals surface area contributed by atoms with Crippen molar-refractivity contribution in [3.8, 4) is 0 Å². The summed E-state index contributed by atoms with van der Waals surface area (Å²) in [5.41, 5.74) is 5.87. The van der Waals surface area contributed by atoms with Crippen LogP contribution in [0, 0.1) is 5.92 Å². The zero-order chi connectivity index (χ0) is 16.1. The number of amides is 2. The van der Waals surface area contributed by atoms with Gasteiger partial charge in [-0.05, 0) is 31.0 Å². The molecule has 1 fully saturated rings. The maximum absolute atomic E-state index is 12.5. The first-order valence-corrected chi connectivity index (χ1v) is 8.00. The molecule has 1 atom stereocenters. The number of hydrogen-bond donors (Lipinski definition) is 2. The molecule has 8 heteroatoms. The Balaban J connectivity index is 0.00000264. The first kappa shape index (κ1) is 20.0. The molecule has 2 rings (SSSR count). The van der Waals surface area contributed by atoms with Gasteiger partial charge >= 0.3 is 0 Å². The van der Waals surface area contributed by atoms with Crippen LogP contribution in [0.5, 0.6) is 0 Å². The van der Waals surface area contributed by atoms with Crippen molar-refractivity contribution in [2.75, 3.05) is 26.2 Å². The van der Waals surface area contributed by atoms with E-state index in [9.17, 15) is 9.59 Å². The molecule has 1 aliphatic heterocycles. The highest BCUT2D eigenvalue weighted by atomic mass is 35.5. The van der Waals surface area contributed by atoms with Crippen molar-refractivity contribution in [1.82, 2.24) is 10.2 Å². The summed E-state index contributed by atoms with van der Waals surface area (Å²) in [5, 5.41) is 3.54. The molecule has 1 unspecified atom stereocenters. The van der Waals surface area contributed by atoms with E-state index in [1.165, 1.54) is 0 Å². The monoisotopic (exact) mass is 379 g/mol. The number of nitrogens with two attached hydrogens (primary N) is 1. The Morgan fingerprint density at radius 1 is 1.30 bits per heavy atom. The maximum atomic E-state index is 12.5. The molecule has 0 saturated carbocycles. The predicted octanol–water partition coefficient (Wildman–Crippen LogP) is 2.34. The predicted molar refractivity (Wildman–Crippen MR) is 94.4 cm³/mol. The second kappa shape index (κ2) is 9.33. The normalized spacial score (nSPS) is 17.3. The second-order valence-electron chi connectivity index (χ2n) is 5.30. The quantitative estimate of drug-likeness (QED) is 0.842. The average Bonchev–Trinajstić information content (AvgIpc) is 2.54. The minimum atomic E-state index is -0.188. The molecule has 1 aromatic rings. The lowest BCUT2D eigenvalue weighted by Crippen LogP contribution is -2.46. The van der Waals surface area contributed by atoms with Crippen LogP contribution in [0.2, 0.25) is 10.0 Å². The van der Waals surface area contributed by atoms with Crippen molar-refractivity contribution in [2.24, 2.45) is 11.7 Å². The molecule has 1 aromatic carbocycles. The Labute approximate surface area is 151 Å². The van der Waals surface area contributed by atoms with Crippen LogP contribution in [0.3, 0.4) is 0 Å². The SMILES string of the molecule is Cl.NCCNC(=O)C1CCCN(C(=O)c2ccc(Cl)c(Cl)c2)C1. The van der Waals surface area contributed by atoms with Gasteiger partial charge in [0.25, 0.3) is 5.91 Å². The minimum Gasteiger partial charge on any atom is -0.355 e. The van der Waals surface area contributed by atoms with E-state index in [-0.39, 0.29) is 30.1 Å². The highest BCUT2D eigenvalue weighted by Gasteiger charge is 2.28. The number of nitrogens with zero attached hydrogens (tertiary/aromatic N) is 1. The lowest BCUT2D eigenvalue weighted by Gasteiger charge is -2.32. The standard InChI is InChI=1S/C15H19Cl2N3O2.ClH/c16-12-4-3-10(8-13(12)17)15(22)20-7-1-2-11(9-20)14(21)19-6-5-18;/h3-4,8,11H,1-2,5-7,9,18H2,(H,19,21);1H. The molecule has 3 N–H and O–H groups in total. The Bertz CT molecular complexity index is 569. The lowest BCUT2D eigenvalue weighted by molar-refractivity contribution is -0.126. The van der Waals surface area contributed by atoms with Crippen molar-refractivity contribution >= 4 is 47.4 Å². The molecule has 23 heavy (non-hydrogen) atoms. The largest absolute Gasteiger partial charge is 0.355 e. The van der Waals surface area contributed by atoms with Crippen LogP contribution in [0.1, 0.15) is 23.2 Å². The van der Waals surface area contributed by atoms with Crippen molar-refractivity contribution in [2.45, 2.75) is 12.8 Å². The molecule has 1 saturated heterocycles. The molecule has 0 aliphatic carbocycles. The fourth-order valence-electron chi connectivity index (χ4n) is 2.53. The summed E-state index contributed by atoms with van der Waals surface area (Å²) in [5.74, 6) is -0.362. The van der Waals surface area contributed by atoms with Crippen LogP contribution in [0.25, 0.3) is 0 Å². The van der Waals surface area contributed by atoms with Crippen LogP contribution >= 0.6 is 35.6 Å². The van der Waals surface area contributed by atoms with Gasteiger partial charge in [0.1, 0.15) is 0 Å². The molecule has 0 bridgehead atoms. The minimum absolute atomic E-state index is 0. The number of piperidine rings is 1. The van der Waals surface area contributed by atoms with E-state index >= 15 is 0 Å². The van der Waals surface area contributed by atoms with E-state index in [1.54, 1.807) is 23.1 Å². The fourth-order valence-corrected chi connectivity index (χ4v) is 2.83. The van der Waals surface area contributed by atoms with Crippen LogP contribution in [-0.4, -0.2) is 42.9 Å². The molecule has 1 heterocycles. The number of carbonyl (C=O) groups excluding carboxylic acids is 2. The van der Waals surface area contributed by atoms with Gasteiger partial charge < -0.3 is 16.0 Å². The third kappa shape index (κ3) is 5.24. The molecule has 0 radical (unpaired) electrons. The van der Waals surface area contributed by atoms with Crippen LogP contribution in [-0.2, 0) is 4.79 Å². The Hall–Kier alpha value is -1.01. The Morgan fingerprint density at radius 2 is 2.04 bits per heavy atom. The van der Waals surface area contributed by atoms with Gasteiger partial charge in [-0.2, -0.15) is 0 Å². The summed E-state index contributed by atoms with van der Waals surface area (Å²) in [6.07, 6.45) is 1.58. The fraction of sp³-hybridized carbons (Fsp3) is 0.467. The second-order valence-corrected chi connectivity index (χ2v) is 6.11. The van der Waals surface area contributed by atoms with Gasteiger partial charge in [-0.3, -0.25) is 9.59 Å². The third-order valence-electron chi connectivity index (χ3n) is 3.69. The molecule has 2 amide bonds. The van der Waals surface area contributed by atoms with Gasteiger partial charge in [-0.1, -0.05) is 23.2 Å². The highest BCUT2D eigenvalue weighted by Crippen LogP contribution is 2.25. The van der Waals surface area contributed by atoms with E-state index in [0.29, 0.717) is 41.8 Å². The van der Waals surface area contributed by atoms with Gasteiger partial charge in [0.05, 0.1) is 16.0 Å². The maximum Gasteiger partial charge on any atom is 0.253 e. The summed E-state index contributed by atoms with van der Waals surface area (Å²) in [6, 6.07) is 4.81. The van der Waals surface area contributed by atoms with Gasteiger partial charge in [-0.25, -0.2) is 0 Å². The molecular formula is C15H20Cl3N3O2. The van der Waals surface area contributed by atoms with Crippen molar-refractivity contribution in [3.05, 3.63) is 33.8 Å². The van der Waals surface area contributed by atoms with Crippen LogP contribution in [0.4, 0.5) is 0 Å². The van der Waals surface area contributed by atoms with Crippen LogP contribution < -0.4 is 11.1 Å². The first-order valence-electron chi connectivity index (χ1n) is 7.25. The third-order valence-corrected chi connectivity index (χ3v) is 4.43. The number of rotatable bonds is 4. The number of halogens is 3. The number of carbonyl (C=O) groups is 2. The van der Waals surface area contributed by atoms with Crippen molar-refractivity contribution in [3.63, 3.8) is 0 Å². The van der Waals surface area contributed by atoms with Gasteiger partial charge in [0, 0.05) is 31.7 Å². The smallest absolute Gasteiger partial charge is 0.253 e. The summed E-state index contributed by atoms with van der Waals surface area (Å²) in [7, 11) is 0. The highest BCUT2D eigenvalue weighted by molar-refractivity contribution is 6.42. The van der Waals surface area contributed by atoms with E-state index in [4.69, 9.17) is 28.9 Å². The average molecular weight is 381 g/mol. The van der Waals surface area contributed by atoms with Crippen molar-refractivity contribution < 1.29 is 9.59 Å². The Morgan fingerprint density at radius 3 is 2.70 bits per heavy atom. The van der Waals surface area contributed by atoms with E-state index < -0.39 is 0 Å². The summed E-state index contributed by atoms with van der Waals surface area (Å²) >= 11 is 11.8. The van der Waals surface area contributed by atoms with Gasteiger partial charge in [0.2, 0.25) is 5.91 Å². The van der Waals surface area contributed by atoms with Crippen molar-refractivity contribution in [1.29, 1.82) is 0 Å². The number of nitrogens with one attached hydrogen (secondary N) is 1. The van der Waals surface area contributed by atoms with E-state index in [1.807, 2.05) is 0 Å². The van der Waals surface area contributed by atoms with Gasteiger partial charge in [-0.15, -0.1) is 12.4 Å². The van der Waals surface area contributed by atoms with E-state index in [0.717, 1.165) is 12.8 Å². The molecule has 1 aliphatic rings. The molecule has 0 spiro atoms. The Kier molecular flexibility index (Phi) is 8.12.